The molecule has 0 spiro atoms. The summed E-state index contributed by atoms with van der Waals surface area (Å²) in [5, 5.41) is 20.2. The zero-order chi connectivity index (χ0) is 13.1. The monoisotopic (exact) mass is 240 g/mol. The smallest absolute Gasteiger partial charge is 0.150 e. The van der Waals surface area contributed by atoms with Crippen molar-refractivity contribution in [3.63, 3.8) is 0 Å². The van der Waals surface area contributed by atoms with E-state index in [1.165, 1.54) is 0 Å². The lowest BCUT2D eigenvalue weighted by Gasteiger charge is -2.22. The first-order chi connectivity index (χ1) is 7.89. The second-order valence-corrected chi connectivity index (χ2v) is 4.60. The number of benzene rings is 1. The molecule has 0 aliphatic carbocycles. The lowest BCUT2D eigenvalue weighted by atomic mass is 9.95. The van der Waals surface area contributed by atoms with Gasteiger partial charge in [-0.05, 0) is 12.1 Å². The molecule has 0 saturated heterocycles. The number of anilines is 1. The van der Waals surface area contributed by atoms with Gasteiger partial charge in [-0.1, -0.05) is 13.8 Å². The van der Waals surface area contributed by atoms with Gasteiger partial charge in [0.25, 0.3) is 0 Å². The second kappa shape index (κ2) is 5.11. The Morgan fingerprint density at radius 1 is 1.35 bits per heavy atom. The quantitative estimate of drug-likeness (QED) is 0.848. The maximum atomic E-state index is 13.5. The first kappa shape index (κ1) is 13.4. The maximum Gasteiger partial charge on any atom is 0.150 e. The van der Waals surface area contributed by atoms with Crippen LogP contribution in [0.2, 0.25) is 0 Å². The van der Waals surface area contributed by atoms with E-state index in [1.807, 2.05) is 0 Å². The van der Waals surface area contributed by atoms with E-state index >= 15 is 0 Å². The second-order valence-electron chi connectivity index (χ2n) is 4.60. The number of aliphatic hydroxyl groups excluding tert-OH is 1. The Kier molecular flexibility index (Phi) is 4.02. The van der Waals surface area contributed by atoms with Gasteiger partial charge in [0.05, 0.1) is 11.6 Å². The van der Waals surface area contributed by atoms with Gasteiger partial charge in [-0.2, -0.15) is 5.26 Å². The number of nitrogens with zero attached hydrogens (tertiary/aromatic N) is 1. The molecule has 0 aliphatic rings. The summed E-state index contributed by atoms with van der Waals surface area (Å²) in [5.74, 6) is -1.62. The molecule has 0 heterocycles. The van der Waals surface area contributed by atoms with Crippen LogP contribution < -0.4 is 5.32 Å². The van der Waals surface area contributed by atoms with Gasteiger partial charge in [0.15, 0.2) is 11.6 Å². The number of nitrogens with one attached hydrogen (secondary N) is 1. The van der Waals surface area contributed by atoms with Crippen molar-refractivity contribution >= 4 is 5.69 Å². The van der Waals surface area contributed by atoms with Crippen LogP contribution in [0.5, 0.6) is 0 Å². The summed E-state index contributed by atoms with van der Waals surface area (Å²) in [6, 6.07) is 3.61. The molecule has 1 aromatic carbocycles. The number of hydrogen-bond donors (Lipinski definition) is 2. The molecular formula is C12H14F2N2O. The van der Waals surface area contributed by atoms with Crippen LogP contribution in [0.4, 0.5) is 14.5 Å². The first-order valence-corrected chi connectivity index (χ1v) is 5.13. The van der Waals surface area contributed by atoms with Crippen LogP contribution in [0.3, 0.4) is 0 Å². The third kappa shape index (κ3) is 3.40. The molecule has 3 nitrogen and oxygen atoms in total. The topological polar surface area (TPSA) is 56.0 Å². The molecule has 0 unspecified atom stereocenters. The molecule has 2 N–H and O–H groups in total. The van der Waals surface area contributed by atoms with Gasteiger partial charge < -0.3 is 10.4 Å². The summed E-state index contributed by atoms with van der Waals surface area (Å²) < 4.78 is 26.9. The van der Waals surface area contributed by atoms with E-state index in [0.717, 1.165) is 12.1 Å². The number of hydrogen-bond acceptors (Lipinski definition) is 3. The number of rotatable bonds is 4. The fourth-order valence-electron chi connectivity index (χ4n) is 1.19. The molecule has 92 valence electrons. The number of halogens is 2. The van der Waals surface area contributed by atoms with Gasteiger partial charge in [-0.15, -0.1) is 0 Å². The predicted molar refractivity (Wildman–Crippen MR) is 60.4 cm³/mol. The van der Waals surface area contributed by atoms with Crippen LogP contribution >= 0.6 is 0 Å². The Morgan fingerprint density at radius 3 is 2.29 bits per heavy atom. The molecule has 1 rings (SSSR count). The molecule has 0 radical (unpaired) electrons. The molecule has 0 atom stereocenters. The summed E-state index contributed by atoms with van der Waals surface area (Å²) in [6.07, 6.45) is 0. The zero-order valence-corrected chi connectivity index (χ0v) is 9.72. The summed E-state index contributed by atoms with van der Waals surface area (Å²) >= 11 is 0. The molecule has 0 bridgehead atoms. The zero-order valence-electron chi connectivity index (χ0n) is 9.72. The van der Waals surface area contributed by atoms with Crippen LogP contribution in [-0.4, -0.2) is 18.3 Å². The minimum Gasteiger partial charge on any atom is -0.396 e. The van der Waals surface area contributed by atoms with Crippen LogP contribution in [0.15, 0.2) is 12.1 Å². The number of nitriles is 1. The van der Waals surface area contributed by atoms with Gasteiger partial charge in [-0.3, -0.25) is 0 Å². The van der Waals surface area contributed by atoms with Crippen molar-refractivity contribution in [3.05, 3.63) is 29.3 Å². The Balaban J connectivity index is 2.90. The van der Waals surface area contributed by atoms with E-state index in [4.69, 9.17) is 10.4 Å². The van der Waals surface area contributed by atoms with E-state index in [-0.39, 0.29) is 24.4 Å². The fourth-order valence-corrected chi connectivity index (χ4v) is 1.19. The molecule has 0 aliphatic heterocycles. The van der Waals surface area contributed by atoms with Crippen LogP contribution in [-0.2, 0) is 0 Å². The van der Waals surface area contributed by atoms with Crippen LogP contribution in [0.1, 0.15) is 19.4 Å². The van der Waals surface area contributed by atoms with Crippen LogP contribution in [0, 0.1) is 28.4 Å². The summed E-state index contributed by atoms with van der Waals surface area (Å²) in [7, 11) is 0. The highest BCUT2D eigenvalue weighted by atomic mass is 19.1. The normalized spacial score (nSPS) is 11.1. The highest BCUT2D eigenvalue weighted by Crippen LogP contribution is 2.22. The Hall–Kier alpha value is -1.67. The number of aliphatic hydroxyl groups is 1. The Bertz CT molecular complexity index is 429. The molecule has 0 saturated carbocycles. The average molecular weight is 240 g/mol. The average Bonchev–Trinajstić information content (AvgIpc) is 2.27. The van der Waals surface area contributed by atoms with Crippen molar-refractivity contribution < 1.29 is 13.9 Å². The largest absolute Gasteiger partial charge is 0.396 e. The molecule has 5 heteroatoms. The minimum atomic E-state index is -0.810. The fraction of sp³-hybridized carbons (Fsp3) is 0.417. The summed E-state index contributed by atoms with van der Waals surface area (Å²) in [6.45, 7) is 3.65. The molecule has 0 aromatic heterocycles. The Morgan fingerprint density at radius 2 is 1.88 bits per heavy atom. The van der Waals surface area contributed by atoms with E-state index < -0.39 is 17.0 Å². The molecular weight excluding hydrogens is 226 g/mol. The molecule has 1 aromatic rings. The lowest BCUT2D eigenvalue weighted by Crippen LogP contribution is -2.27. The van der Waals surface area contributed by atoms with Crippen molar-refractivity contribution in [1.82, 2.24) is 0 Å². The summed E-state index contributed by atoms with van der Waals surface area (Å²) in [5.41, 5.74) is -0.815. The minimum absolute atomic E-state index is 0.0630. The van der Waals surface area contributed by atoms with Gasteiger partial charge in [0.1, 0.15) is 5.69 Å². The molecule has 0 fully saturated rings. The Labute approximate surface area is 98.7 Å². The standard InChI is InChI=1S/C12H14F2N2O/c1-12(2,7-17)6-16-11-9(13)3-8(5-15)4-10(11)14/h3-4,16-17H,6-7H2,1-2H3. The predicted octanol–water partition coefficient (Wildman–Crippen LogP) is 2.27. The highest BCUT2D eigenvalue weighted by molar-refractivity contribution is 5.50. The van der Waals surface area contributed by atoms with Crippen molar-refractivity contribution in [3.8, 4) is 6.07 Å². The maximum absolute atomic E-state index is 13.5. The highest BCUT2D eigenvalue weighted by Gasteiger charge is 2.18. The van der Waals surface area contributed by atoms with Gasteiger partial charge >= 0.3 is 0 Å². The summed E-state index contributed by atoms with van der Waals surface area (Å²) in [4.78, 5) is 0. The third-order valence-electron chi connectivity index (χ3n) is 2.34. The van der Waals surface area contributed by atoms with Crippen molar-refractivity contribution in [1.29, 1.82) is 5.26 Å². The molecule has 17 heavy (non-hydrogen) atoms. The molecule has 0 amide bonds. The van der Waals surface area contributed by atoms with Crippen molar-refractivity contribution in [2.75, 3.05) is 18.5 Å². The third-order valence-corrected chi connectivity index (χ3v) is 2.34. The van der Waals surface area contributed by atoms with Gasteiger partial charge in [-0.25, -0.2) is 8.78 Å². The lowest BCUT2D eigenvalue weighted by molar-refractivity contribution is 0.170. The first-order valence-electron chi connectivity index (χ1n) is 5.13. The van der Waals surface area contributed by atoms with E-state index in [0.29, 0.717) is 0 Å². The van der Waals surface area contributed by atoms with E-state index in [9.17, 15) is 8.78 Å². The van der Waals surface area contributed by atoms with E-state index in [1.54, 1.807) is 19.9 Å². The van der Waals surface area contributed by atoms with Crippen molar-refractivity contribution in [2.45, 2.75) is 13.8 Å². The van der Waals surface area contributed by atoms with Gasteiger partial charge in [0, 0.05) is 18.6 Å². The van der Waals surface area contributed by atoms with Crippen molar-refractivity contribution in [2.24, 2.45) is 5.41 Å². The van der Waals surface area contributed by atoms with Gasteiger partial charge in [0.2, 0.25) is 0 Å². The van der Waals surface area contributed by atoms with Crippen LogP contribution in [0.25, 0.3) is 0 Å². The SMILES string of the molecule is CC(C)(CO)CNc1c(F)cc(C#N)cc1F. The van der Waals surface area contributed by atoms with E-state index in [2.05, 4.69) is 5.32 Å².